The number of hydrogen-bond donors (Lipinski definition) is 0. The average Bonchev–Trinajstić information content (AvgIpc) is 1.81. The standard InChI is InChI=1S/C7H11Br3N.BrH/c1-11(2)3-5(8)7(10)6(9)4-11;/h5H,3-4H2,1-2H3;1H/q+1;/p-1. The van der Waals surface area contributed by atoms with Crippen molar-refractivity contribution in [2.24, 2.45) is 0 Å². The van der Waals surface area contributed by atoms with Crippen LogP contribution < -0.4 is 17.0 Å². The predicted molar refractivity (Wildman–Crippen MR) is 59.4 cm³/mol. The Hall–Kier alpha value is 1.62. The van der Waals surface area contributed by atoms with Crippen LogP contribution in [0.1, 0.15) is 0 Å². The molecule has 0 N–H and O–H groups in total. The van der Waals surface area contributed by atoms with Gasteiger partial charge in [-0.3, -0.25) is 0 Å². The summed E-state index contributed by atoms with van der Waals surface area (Å²) in [7, 11) is 4.46. The van der Waals surface area contributed by atoms with Crippen LogP contribution in [0.3, 0.4) is 0 Å². The fraction of sp³-hybridized carbons (Fsp3) is 0.714. The average molecular weight is 429 g/mol. The number of nitrogens with zero attached hydrogens (tertiary/aromatic N) is 1. The number of halogens is 4. The van der Waals surface area contributed by atoms with Gasteiger partial charge in [-0.15, -0.1) is 0 Å². The zero-order valence-corrected chi connectivity index (χ0v) is 13.3. The third-order valence-electron chi connectivity index (χ3n) is 1.76. The van der Waals surface area contributed by atoms with E-state index in [-0.39, 0.29) is 17.0 Å². The van der Waals surface area contributed by atoms with Crippen LogP contribution >= 0.6 is 47.8 Å². The van der Waals surface area contributed by atoms with Gasteiger partial charge in [0, 0.05) is 4.48 Å². The van der Waals surface area contributed by atoms with Crippen molar-refractivity contribution in [3.63, 3.8) is 0 Å². The van der Waals surface area contributed by atoms with E-state index in [2.05, 4.69) is 61.9 Å². The molecule has 1 nitrogen and oxygen atoms in total. The predicted octanol–water partition coefficient (Wildman–Crippen LogP) is -0.155. The van der Waals surface area contributed by atoms with Gasteiger partial charge in [-0.1, -0.05) is 31.9 Å². The van der Waals surface area contributed by atoms with Crippen molar-refractivity contribution in [1.29, 1.82) is 0 Å². The summed E-state index contributed by atoms with van der Waals surface area (Å²) in [5, 5.41) is 0. The number of likely N-dealkylation sites (N-methyl/N-ethyl adjacent to an activating group) is 1. The largest absolute Gasteiger partial charge is 1.00 e. The van der Waals surface area contributed by atoms with Crippen molar-refractivity contribution >= 4 is 47.8 Å². The molecule has 5 heteroatoms. The SMILES string of the molecule is C[N+]1(C)CC(Br)=C(Br)C(Br)C1.[Br-]. The highest BCUT2D eigenvalue weighted by Gasteiger charge is 2.30. The molecule has 1 heterocycles. The summed E-state index contributed by atoms with van der Waals surface area (Å²) < 4.78 is 3.57. The molecule has 1 aliphatic heterocycles. The summed E-state index contributed by atoms with van der Waals surface area (Å²) in [5.74, 6) is 0. The summed E-state index contributed by atoms with van der Waals surface area (Å²) in [6.45, 7) is 2.21. The molecule has 0 aromatic heterocycles. The summed E-state index contributed by atoms with van der Waals surface area (Å²) >= 11 is 10.7. The van der Waals surface area contributed by atoms with Crippen molar-refractivity contribution in [2.45, 2.75) is 4.83 Å². The van der Waals surface area contributed by atoms with Gasteiger partial charge in [-0.2, -0.15) is 0 Å². The van der Waals surface area contributed by atoms with Crippen LogP contribution in [-0.2, 0) is 0 Å². The first-order valence-electron chi connectivity index (χ1n) is 3.42. The van der Waals surface area contributed by atoms with E-state index >= 15 is 0 Å². The maximum Gasteiger partial charge on any atom is 0.111 e. The summed E-state index contributed by atoms with van der Waals surface area (Å²) in [6.07, 6.45) is 0. The van der Waals surface area contributed by atoms with Gasteiger partial charge in [0.1, 0.15) is 6.54 Å². The molecular formula is C7H11Br4N. The molecule has 0 aromatic carbocycles. The summed E-state index contributed by atoms with van der Waals surface area (Å²) in [4.78, 5) is 0.459. The zero-order valence-electron chi connectivity index (χ0n) is 6.95. The molecule has 0 amide bonds. The molecule has 0 aromatic rings. The van der Waals surface area contributed by atoms with Gasteiger partial charge in [0.15, 0.2) is 0 Å². The highest BCUT2D eigenvalue weighted by Crippen LogP contribution is 2.33. The third-order valence-corrected chi connectivity index (χ3v) is 5.36. The molecule has 12 heavy (non-hydrogen) atoms. The lowest BCUT2D eigenvalue weighted by atomic mass is 10.2. The Balaban J connectivity index is 0.00000121. The molecular weight excluding hydrogens is 418 g/mol. The van der Waals surface area contributed by atoms with Gasteiger partial charge < -0.3 is 21.5 Å². The van der Waals surface area contributed by atoms with Crippen molar-refractivity contribution in [3.8, 4) is 0 Å². The topological polar surface area (TPSA) is 0 Å². The molecule has 0 bridgehead atoms. The summed E-state index contributed by atoms with van der Waals surface area (Å²) in [5.41, 5.74) is 0. The van der Waals surface area contributed by atoms with Crippen LogP contribution in [0.4, 0.5) is 0 Å². The minimum atomic E-state index is 0. The molecule has 1 rings (SSSR count). The fourth-order valence-electron chi connectivity index (χ4n) is 1.20. The van der Waals surface area contributed by atoms with Gasteiger partial charge >= 0.3 is 0 Å². The van der Waals surface area contributed by atoms with Crippen LogP contribution in [0.15, 0.2) is 8.96 Å². The molecule has 1 aliphatic rings. The highest BCUT2D eigenvalue weighted by atomic mass is 79.9. The monoisotopic (exact) mass is 425 g/mol. The second-order valence-electron chi connectivity index (χ2n) is 3.50. The van der Waals surface area contributed by atoms with Crippen molar-refractivity contribution in [3.05, 3.63) is 8.96 Å². The van der Waals surface area contributed by atoms with Gasteiger partial charge in [-0.05, 0) is 15.9 Å². The Morgan fingerprint density at radius 3 is 2.25 bits per heavy atom. The van der Waals surface area contributed by atoms with Gasteiger partial charge in [0.05, 0.1) is 29.9 Å². The van der Waals surface area contributed by atoms with E-state index in [1.165, 1.54) is 8.96 Å². The number of rotatable bonds is 0. The van der Waals surface area contributed by atoms with Crippen molar-refractivity contribution in [2.75, 3.05) is 27.2 Å². The molecule has 72 valence electrons. The molecule has 0 spiro atoms. The highest BCUT2D eigenvalue weighted by molar-refractivity contribution is 9.15. The first-order valence-corrected chi connectivity index (χ1v) is 5.93. The van der Waals surface area contributed by atoms with Crippen LogP contribution in [0.2, 0.25) is 0 Å². The van der Waals surface area contributed by atoms with E-state index in [4.69, 9.17) is 0 Å². The molecule has 0 aliphatic carbocycles. The molecule has 0 radical (unpaired) electrons. The Kier molecular flexibility index (Phi) is 5.58. The Morgan fingerprint density at radius 1 is 1.33 bits per heavy atom. The molecule has 1 unspecified atom stereocenters. The van der Waals surface area contributed by atoms with Crippen LogP contribution in [-0.4, -0.2) is 36.5 Å². The second kappa shape index (κ2) is 4.91. The minimum absolute atomic E-state index is 0. The fourth-order valence-corrected chi connectivity index (χ4v) is 3.79. The lowest BCUT2D eigenvalue weighted by Gasteiger charge is -2.35. The number of alkyl halides is 1. The minimum Gasteiger partial charge on any atom is -1.00 e. The lowest BCUT2D eigenvalue weighted by Crippen LogP contribution is -3.00. The van der Waals surface area contributed by atoms with E-state index in [1.54, 1.807) is 0 Å². The molecule has 0 saturated carbocycles. The Labute approximate surface area is 109 Å². The lowest BCUT2D eigenvalue weighted by molar-refractivity contribution is -0.885. The van der Waals surface area contributed by atoms with E-state index < -0.39 is 0 Å². The van der Waals surface area contributed by atoms with E-state index in [1.807, 2.05) is 0 Å². The summed E-state index contributed by atoms with van der Waals surface area (Å²) in [6, 6.07) is 0. The molecule has 0 fully saturated rings. The second-order valence-corrected chi connectivity index (χ2v) is 6.41. The van der Waals surface area contributed by atoms with E-state index in [9.17, 15) is 0 Å². The van der Waals surface area contributed by atoms with Gasteiger partial charge in [0.25, 0.3) is 0 Å². The maximum atomic E-state index is 3.62. The first kappa shape index (κ1) is 13.6. The van der Waals surface area contributed by atoms with Gasteiger partial charge in [0.2, 0.25) is 0 Å². The number of quaternary nitrogens is 1. The normalized spacial score (nSPS) is 28.2. The smallest absolute Gasteiger partial charge is 0.111 e. The van der Waals surface area contributed by atoms with Crippen LogP contribution in [0.25, 0.3) is 0 Å². The third kappa shape index (κ3) is 3.40. The van der Waals surface area contributed by atoms with Crippen LogP contribution in [0.5, 0.6) is 0 Å². The number of hydrogen-bond acceptors (Lipinski definition) is 0. The van der Waals surface area contributed by atoms with E-state index in [0.717, 1.165) is 17.6 Å². The maximum absolute atomic E-state index is 3.62. The van der Waals surface area contributed by atoms with E-state index in [0.29, 0.717) is 4.83 Å². The zero-order chi connectivity index (χ0) is 8.65. The Bertz CT molecular complexity index is 200. The van der Waals surface area contributed by atoms with Crippen molar-refractivity contribution in [1.82, 2.24) is 0 Å². The Morgan fingerprint density at radius 2 is 1.83 bits per heavy atom. The molecule has 0 saturated heterocycles. The quantitative estimate of drug-likeness (QED) is 0.372. The molecule has 1 atom stereocenters. The first-order chi connectivity index (χ1) is 4.92. The van der Waals surface area contributed by atoms with Crippen LogP contribution in [0, 0.1) is 0 Å². The van der Waals surface area contributed by atoms with Crippen molar-refractivity contribution < 1.29 is 21.5 Å². The van der Waals surface area contributed by atoms with Gasteiger partial charge in [-0.25, -0.2) is 0 Å².